The van der Waals surface area contributed by atoms with Crippen molar-refractivity contribution in [3.8, 4) is 0 Å². The van der Waals surface area contributed by atoms with Gasteiger partial charge in [0, 0.05) is 22.9 Å². The number of alkyl halides is 3. The molecule has 0 aliphatic heterocycles. The summed E-state index contributed by atoms with van der Waals surface area (Å²) >= 11 is 0. The standard InChI is InChI=1S/C25H32F3N4O2P/c1-14-17(9-8-10-19(14)25(26,27)28)15(2)30-23-18-11-22(35(6,7)34)21(29-13-24(4,5)33)12-20(18)31-16(3)32-23/h8-12,15,29,33H,13H2,1-7H3,(H,30,31,32). The number of aromatic nitrogens is 2. The van der Waals surface area contributed by atoms with E-state index in [0.717, 1.165) is 6.07 Å². The third-order valence-corrected chi connectivity index (χ3v) is 7.25. The summed E-state index contributed by atoms with van der Waals surface area (Å²) < 4.78 is 53.4. The lowest BCUT2D eigenvalue weighted by Crippen LogP contribution is -2.30. The van der Waals surface area contributed by atoms with E-state index in [9.17, 15) is 22.8 Å². The van der Waals surface area contributed by atoms with Crippen LogP contribution in [0.25, 0.3) is 10.9 Å². The fraction of sp³-hybridized carbons (Fsp3) is 0.440. The second kappa shape index (κ2) is 9.43. The second-order valence-electron chi connectivity index (χ2n) is 9.91. The monoisotopic (exact) mass is 508 g/mol. The Labute approximate surface area is 203 Å². The maximum Gasteiger partial charge on any atom is 0.416 e. The van der Waals surface area contributed by atoms with E-state index < -0.39 is 30.5 Å². The van der Waals surface area contributed by atoms with Crippen molar-refractivity contribution < 1.29 is 22.8 Å². The molecule has 0 spiro atoms. The van der Waals surface area contributed by atoms with Gasteiger partial charge in [0.25, 0.3) is 0 Å². The minimum absolute atomic E-state index is 0.153. The summed E-state index contributed by atoms with van der Waals surface area (Å²) in [6.07, 6.45) is -4.44. The highest BCUT2D eigenvalue weighted by atomic mass is 31.2. The Balaban J connectivity index is 2.11. The molecule has 0 amide bonds. The van der Waals surface area contributed by atoms with Gasteiger partial charge in [0.05, 0.1) is 22.7 Å². The molecule has 0 saturated carbocycles. The first kappa shape index (κ1) is 27.0. The van der Waals surface area contributed by atoms with Crippen LogP contribution in [-0.2, 0) is 10.7 Å². The molecule has 0 fully saturated rings. The van der Waals surface area contributed by atoms with Gasteiger partial charge in [-0.2, -0.15) is 13.2 Å². The van der Waals surface area contributed by atoms with Crippen LogP contribution in [0.1, 0.15) is 49.3 Å². The molecule has 0 saturated heterocycles. The van der Waals surface area contributed by atoms with Crippen molar-refractivity contribution >= 4 is 34.9 Å². The number of benzene rings is 2. The predicted octanol–water partition coefficient (Wildman–Crippen LogP) is 5.87. The molecule has 3 N–H and O–H groups in total. The van der Waals surface area contributed by atoms with E-state index in [0.29, 0.717) is 39.1 Å². The van der Waals surface area contributed by atoms with Gasteiger partial charge in [-0.05, 0) is 77.3 Å². The summed E-state index contributed by atoms with van der Waals surface area (Å²) in [5.74, 6) is 0.922. The molecule has 0 radical (unpaired) electrons. The van der Waals surface area contributed by atoms with Gasteiger partial charge in [-0.3, -0.25) is 0 Å². The van der Waals surface area contributed by atoms with E-state index in [-0.39, 0.29) is 12.1 Å². The van der Waals surface area contributed by atoms with E-state index in [1.54, 1.807) is 59.2 Å². The number of hydrogen-bond donors (Lipinski definition) is 3. The molecule has 3 rings (SSSR count). The average Bonchev–Trinajstić information content (AvgIpc) is 2.69. The van der Waals surface area contributed by atoms with Crippen molar-refractivity contribution in [1.82, 2.24) is 9.97 Å². The van der Waals surface area contributed by atoms with Crippen molar-refractivity contribution in [2.75, 3.05) is 30.5 Å². The molecule has 0 bridgehead atoms. The van der Waals surface area contributed by atoms with Gasteiger partial charge in [0.15, 0.2) is 0 Å². The van der Waals surface area contributed by atoms with Gasteiger partial charge >= 0.3 is 6.18 Å². The Morgan fingerprint density at radius 2 is 1.77 bits per heavy atom. The topological polar surface area (TPSA) is 87.1 Å². The lowest BCUT2D eigenvalue weighted by Gasteiger charge is -2.23. The van der Waals surface area contributed by atoms with Gasteiger partial charge in [0.2, 0.25) is 0 Å². The number of anilines is 2. The molecule has 2 aromatic carbocycles. The lowest BCUT2D eigenvalue weighted by molar-refractivity contribution is -0.138. The molecule has 1 atom stereocenters. The number of aliphatic hydroxyl groups is 1. The zero-order valence-corrected chi connectivity index (χ0v) is 21.9. The van der Waals surface area contributed by atoms with Crippen LogP contribution in [0.15, 0.2) is 30.3 Å². The molecule has 35 heavy (non-hydrogen) atoms. The molecule has 6 nitrogen and oxygen atoms in total. The van der Waals surface area contributed by atoms with Crippen LogP contribution in [0.3, 0.4) is 0 Å². The summed E-state index contributed by atoms with van der Waals surface area (Å²) in [4.78, 5) is 9.03. The normalized spacial score (nSPS) is 13.7. The number of fused-ring (bicyclic) bond motifs is 1. The summed E-state index contributed by atoms with van der Waals surface area (Å²) in [5, 5.41) is 17.7. The number of nitrogens with one attached hydrogen (secondary N) is 2. The Kier molecular flexibility index (Phi) is 7.26. The maximum absolute atomic E-state index is 13.4. The van der Waals surface area contributed by atoms with Gasteiger partial charge in [-0.25, -0.2) is 9.97 Å². The van der Waals surface area contributed by atoms with Crippen LogP contribution in [-0.4, -0.2) is 40.5 Å². The second-order valence-corrected chi connectivity index (χ2v) is 13.1. The Morgan fingerprint density at radius 1 is 1.11 bits per heavy atom. The molecule has 1 aromatic heterocycles. The number of nitrogens with zero attached hydrogens (tertiary/aromatic N) is 2. The van der Waals surface area contributed by atoms with Crippen molar-refractivity contribution in [1.29, 1.82) is 0 Å². The highest BCUT2D eigenvalue weighted by Crippen LogP contribution is 2.40. The zero-order chi connectivity index (χ0) is 26.3. The first-order valence-electron chi connectivity index (χ1n) is 11.2. The molecule has 0 aliphatic carbocycles. The predicted molar refractivity (Wildman–Crippen MR) is 136 cm³/mol. The number of rotatable bonds is 7. The smallest absolute Gasteiger partial charge is 0.389 e. The summed E-state index contributed by atoms with van der Waals surface area (Å²) in [6.45, 7) is 11.9. The quantitative estimate of drug-likeness (QED) is 0.346. The van der Waals surface area contributed by atoms with Crippen LogP contribution in [0.2, 0.25) is 0 Å². The Hall–Kier alpha value is -2.64. The maximum atomic E-state index is 13.4. The molecular weight excluding hydrogens is 476 g/mol. The Bertz CT molecular complexity index is 1300. The molecule has 190 valence electrons. The largest absolute Gasteiger partial charge is 0.416 e. The third kappa shape index (κ3) is 6.33. The zero-order valence-electron chi connectivity index (χ0n) is 21.0. The van der Waals surface area contributed by atoms with Crippen LogP contribution in [0.5, 0.6) is 0 Å². The number of halogens is 3. The Morgan fingerprint density at radius 3 is 2.34 bits per heavy atom. The van der Waals surface area contributed by atoms with Crippen molar-refractivity contribution in [2.24, 2.45) is 0 Å². The summed E-state index contributed by atoms with van der Waals surface area (Å²) in [7, 11) is -2.75. The van der Waals surface area contributed by atoms with E-state index in [4.69, 9.17) is 0 Å². The van der Waals surface area contributed by atoms with Gasteiger partial charge in [-0.15, -0.1) is 0 Å². The van der Waals surface area contributed by atoms with Crippen LogP contribution in [0.4, 0.5) is 24.7 Å². The highest BCUT2D eigenvalue weighted by molar-refractivity contribution is 7.70. The van der Waals surface area contributed by atoms with E-state index in [1.165, 1.54) is 13.0 Å². The van der Waals surface area contributed by atoms with E-state index >= 15 is 0 Å². The molecule has 10 heteroatoms. The average molecular weight is 509 g/mol. The first-order valence-corrected chi connectivity index (χ1v) is 13.8. The first-order chi connectivity index (χ1) is 16.0. The molecular formula is C25H32F3N4O2P. The molecule has 1 unspecified atom stereocenters. The SMILES string of the molecule is Cc1nc(NC(C)c2cccc(C(F)(F)F)c2C)c2cc(P(C)(C)=O)c(NCC(C)(C)O)cc2n1. The molecule has 0 aliphatic rings. The van der Waals surface area contributed by atoms with Crippen LogP contribution in [0, 0.1) is 13.8 Å². The van der Waals surface area contributed by atoms with Crippen molar-refractivity contribution in [2.45, 2.75) is 52.4 Å². The fourth-order valence-corrected chi connectivity index (χ4v) is 5.17. The van der Waals surface area contributed by atoms with Gasteiger partial charge < -0.3 is 20.3 Å². The fourth-order valence-electron chi connectivity index (χ4n) is 4.00. The summed E-state index contributed by atoms with van der Waals surface area (Å²) in [5.41, 5.74) is 0.201. The third-order valence-electron chi connectivity index (χ3n) is 5.72. The molecule has 1 heterocycles. The number of hydrogen-bond acceptors (Lipinski definition) is 6. The minimum Gasteiger partial charge on any atom is -0.389 e. The minimum atomic E-state index is -4.44. The van der Waals surface area contributed by atoms with Crippen LogP contribution < -0.4 is 15.9 Å². The lowest BCUT2D eigenvalue weighted by atomic mass is 9.97. The van der Waals surface area contributed by atoms with Crippen LogP contribution >= 0.6 is 7.14 Å². The van der Waals surface area contributed by atoms with Crippen molar-refractivity contribution in [3.63, 3.8) is 0 Å². The van der Waals surface area contributed by atoms with Gasteiger partial charge in [0.1, 0.15) is 18.8 Å². The van der Waals surface area contributed by atoms with E-state index in [2.05, 4.69) is 20.6 Å². The van der Waals surface area contributed by atoms with Gasteiger partial charge in [-0.1, -0.05) is 12.1 Å². The highest BCUT2D eigenvalue weighted by Gasteiger charge is 2.33. The van der Waals surface area contributed by atoms with E-state index in [1.807, 2.05) is 0 Å². The van der Waals surface area contributed by atoms with Crippen molar-refractivity contribution in [3.05, 3.63) is 52.8 Å². The number of aryl methyl sites for hydroxylation is 1. The molecule has 3 aromatic rings. The summed E-state index contributed by atoms with van der Waals surface area (Å²) in [6, 6.07) is 7.18.